The van der Waals surface area contributed by atoms with Crippen LogP contribution in [0.25, 0.3) is 0 Å². The van der Waals surface area contributed by atoms with Gasteiger partial charge < -0.3 is 0 Å². The number of ketones is 1. The Hall–Kier alpha value is -1.98. The minimum absolute atomic E-state index is 0.120. The van der Waals surface area contributed by atoms with Crippen LogP contribution < -0.4 is 4.72 Å². The molecule has 0 saturated heterocycles. The van der Waals surface area contributed by atoms with Crippen molar-refractivity contribution >= 4 is 15.8 Å². The van der Waals surface area contributed by atoms with Gasteiger partial charge in [0.25, 0.3) is 0 Å². The minimum Gasteiger partial charge on any atom is -0.294 e. The number of sulfonamides is 1. The molecule has 2 aromatic rings. The summed E-state index contributed by atoms with van der Waals surface area (Å²) in [5, 5.41) is 0. The first-order chi connectivity index (χ1) is 11.6. The third-order valence-corrected chi connectivity index (χ3v) is 5.65. The molecular weight excluding hydrogens is 322 g/mol. The topological polar surface area (TPSA) is 63.2 Å². The van der Waals surface area contributed by atoms with Crippen molar-refractivity contribution in [3.8, 4) is 0 Å². The molecule has 0 aliphatic heterocycles. The van der Waals surface area contributed by atoms with Gasteiger partial charge in [0.2, 0.25) is 10.0 Å². The van der Waals surface area contributed by atoms with Crippen LogP contribution in [0.4, 0.5) is 0 Å². The summed E-state index contributed by atoms with van der Waals surface area (Å²) < 4.78 is 27.2. The van der Waals surface area contributed by atoms with Crippen LogP contribution in [-0.4, -0.2) is 20.7 Å². The van der Waals surface area contributed by atoms with E-state index in [1.807, 2.05) is 30.3 Å². The molecule has 0 amide bonds. The van der Waals surface area contributed by atoms with Crippen LogP contribution in [0.5, 0.6) is 0 Å². The summed E-state index contributed by atoms with van der Waals surface area (Å²) >= 11 is 0. The maximum atomic E-state index is 12.3. The highest BCUT2D eigenvalue weighted by Gasteiger charge is 2.30. The average Bonchev–Trinajstić information content (AvgIpc) is 3.44. The Balaban J connectivity index is 1.53. The van der Waals surface area contributed by atoms with Crippen molar-refractivity contribution in [3.05, 3.63) is 65.7 Å². The van der Waals surface area contributed by atoms with Crippen molar-refractivity contribution < 1.29 is 13.2 Å². The van der Waals surface area contributed by atoms with Gasteiger partial charge in [-0.3, -0.25) is 4.79 Å². The third-order valence-electron chi connectivity index (χ3n) is 4.17. The van der Waals surface area contributed by atoms with Gasteiger partial charge >= 0.3 is 0 Å². The van der Waals surface area contributed by atoms with Crippen molar-refractivity contribution in [1.29, 1.82) is 0 Å². The van der Waals surface area contributed by atoms with Gasteiger partial charge in [0.1, 0.15) is 0 Å². The molecule has 126 valence electrons. The summed E-state index contributed by atoms with van der Waals surface area (Å²) in [5.74, 6) is 0.262. The standard InChI is InChI=1S/C19H21NO3S/c21-19(16-8-9-16)17-10-12-18(13-11-17)24(22,23)20-14-4-7-15-5-2-1-3-6-15/h1-3,5-6,10-13,16,20H,4,7-9,14H2. The molecule has 1 aliphatic rings. The smallest absolute Gasteiger partial charge is 0.240 e. The molecular formula is C19H21NO3S. The molecule has 0 spiro atoms. The lowest BCUT2D eigenvalue weighted by molar-refractivity contribution is 0.0967. The molecule has 0 atom stereocenters. The minimum atomic E-state index is -3.52. The Labute approximate surface area is 143 Å². The zero-order valence-electron chi connectivity index (χ0n) is 13.4. The molecule has 5 heteroatoms. The molecule has 3 rings (SSSR count). The van der Waals surface area contributed by atoms with E-state index >= 15 is 0 Å². The van der Waals surface area contributed by atoms with Crippen molar-refractivity contribution in [2.45, 2.75) is 30.6 Å². The number of Topliss-reactive ketones (excluding diaryl/α,β-unsaturated/α-hetero) is 1. The van der Waals surface area contributed by atoms with Crippen molar-refractivity contribution in [2.24, 2.45) is 5.92 Å². The molecule has 0 bridgehead atoms. The summed E-state index contributed by atoms with van der Waals surface area (Å²) in [5.41, 5.74) is 1.79. The Morgan fingerprint density at radius 2 is 1.67 bits per heavy atom. The van der Waals surface area contributed by atoms with Crippen molar-refractivity contribution in [1.82, 2.24) is 4.72 Å². The van der Waals surface area contributed by atoms with Gasteiger partial charge in [-0.05, 0) is 43.4 Å². The summed E-state index contributed by atoms with van der Waals surface area (Å²) in [6, 6.07) is 16.2. The predicted molar refractivity (Wildman–Crippen MR) is 93.4 cm³/mol. The predicted octanol–water partition coefficient (Wildman–Crippen LogP) is 3.19. The molecule has 0 aromatic heterocycles. The number of aryl methyl sites for hydroxylation is 1. The van der Waals surface area contributed by atoms with Crippen LogP contribution in [0.2, 0.25) is 0 Å². The number of carbonyl (C=O) groups is 1. The molecule has 2 aromatic carbocycles. The van der Waals surface area contributed by atoms with Gasteiger partial charge in [-0.15, -0.1) is 0 Å². The van der Waals surface area contributed by atoms with Crippen molar-refractivity contribution in [2.75, 3.05) is 6.54 Å². The molecule has 1 aliphatic carbocycles. The monoisotopic (exact) mass is 343 g/mol. The van der Waals surface area contributed by atoms with Gasteiger partial charge in [0.15, 0.2) is 5.78 Å². The van der Waals surface area contributed by atoms with Gasteiger partial charge in [-0.25, -0.2) is 13.1 Å². The molecule has 0 heterocycles. The van der Waals surface area contributed by atoms with E-state index in [4.69, 9.17) is 0 Å². The average molecular weight is 343 g/mol. The Morgan fingerprint density at radius 3 is 2.29 bits per heavy atom. The Bertz CT molecular complexity index is 794. The number of nitrogens with one attached hydrogen (secondary N) is 1. The van der Waals surface area contributed by atoms with E-state index in [1.54, 1.807) is 12.1 Å². The highest BCUT2D eigenvalue weighted by atomic mass is 32.2. The quantitative estimate of drug-likeness (QED) is 0.591. The van der Waals surface area contributed by atoms with Gasteiger partial charge in [-0.2, -0.15) is 0 Å². The van der Waals surface area contributed by atoms with E-state index in [0.29, 0.717) is 12.1 Å². The SMILES string of the molecule is O=C(c1ccc(S(=O)(=O)NCCCc2ccccc2)cc1)C1CC1. The molecule has 0 radical (unpaired) electrons. The van der Waals surface area contributed by atoms with Gasteiger partial charge in [0.05, 0.1) is 4.90 Å². The first-order valence-electron chi connectivity index (χ1n) is 8.24. The largest absolute Gasteiger partial charge is 0.294 e. The maximum absolute atomic E-state index is 12.3. The fourth-order valence-corrected chi connectivity index (χ4v) is 3.68. The molecule has 1 N–H and O–H groups in total. The molecule has 1 saturated carbocycles. The van der Waals surface area contributed by atoms with E-state index in [0.717, 1.165) is 25.7 Å². The van der Waals surface area contributed by atoms with Gasteiger partial charge in [-0.1, -0.05) is 42.5 Å². The molecule has 24 heavy (non-hydrogen) atoms. The third kappa shape index (κ3) is 4.30. The summed E-state index contributed by atoms with van der Waals surface area (Å²) in [6.07, 6.45) is 3.46. The highest BCUT2D eigenvalue weighted by molar-refractivity contribution is 7.89. The number of rotatable bonds is 8. The molecule has 0 unspecified atom stereocenters. The maximum Gasteiger partial charge on any atom is 0.240 e. The van der Waals surface area contributed by atoms with Crippen molar-refractivity contribution in [3.63, 3.8) is 0 Å². The number of hydrogen-bond acceptors (Lipinski definition) is 3. The fraction of sp³-hybridized carbons (Fsp3) is 0.316. The Kier molecular flexibility index (Phi) is 5.11. The normalized spacial score (nSPS) is 14.5. The summed E-state index contributed by atoms with van der Waals surface area (Å²) in [4.78, 5) is 12.2. The van der Waals surface area contributed by atoms with Gasteiger partial charge in [0, 0.05) is 18.0 Å². The van der Waals surface area contributed by atoms with Crippen LogP contribution in [0, 0.1) is 5.92 Å². The molecule has 1 fully saturated rings. The summed E-state index contributed by atoms with van der Waals surface area (Å²) in [6.45, 7) is 0.389. The second-order valence-corrected chi connectivity index (χ2v) is 7.92. The van der Waals surface area contributed by atoms with E-state index < -0.39 is 10.0 Å². The Morgan fingerprint density at radius 1 is 1.00 bits per heavy atom. The second kappa shape index (κ2) is 7.28. The number of benzene rings is 2. The van der Waals surface area contributed by atoms with E-state index in [1.165, 1.54) is 17.7 Å². The fourth-order valence-electron chi connectivity index (χ4n) is 2.61. The van der Waals surface area contributed by atoms with Crippen LogP contribution in [0.1, 0.15) is 35.2 Å². The zero-order valence-corrected chi connectivity index (χ0v) is 14.3. The lowest BCUT2D eigenvalue weighted by Crippen LogP contribution is -2.25. The van der Waals surface area contributed by atoms with Crippen LogP contribution in [0.3, 0.4) is 0 Å². The van der Waals surface area contributed by atoms with Crippen LogP contribution in [0.15, 0.2) is 59.5 Å². The second-order valence-electron chi connectivity index (χ2n) is 6.15. The van der Waals surface area contributed by atoms with E-state index in [-0.39, 0.29) is 16.6 Å². The first kappa shape index (κ1) is 16.9. The lowest BCUT2D eigenvalue weighted by atomic mass is 10.1. The number of carbonyl (C=O) groups excluding carboxylic acids is 1. The summed E-state index contributed by atoms with van der Waals surface area (Å²) in [7, 11) is -3.52. The zero-order chi connectivity index (χ0) is 17.0. The van der Waals surface area contributed by atoms with E-state index in [9.17, 15) is 13.2 Å². The van der Waals surface area contributed by atoms with E-state index in [2.05, 4.69) is 4.72 Å². The van der Waals surface area contributed by atoms with Crippen LogP contribution in [-0.2, 0) is 16.4 Å². The lowest BCUT2D eigenvalue weighted by Gasteiger charge is -2.08. The first-order valence-corrected chi connectivity index (χ1v) is 9.72. The molecule has 4 nitrogen and oxygen atoms in total. The highest BCUT2D eigenvalue weighted by Crippen LogP contribution is 2.32. The van der Waals surface area contributed by atoms with Crippen LogP contribution >= 0.6 is 0 Å². The number of hydrogen-bond donors (Lipinski definition) is 1.